The normalized spacial score (nSPS) is 12.1. The Hall–Kier alpha value is -1.35. The number of aromatic nitrogens is 4. The third-order valence-corrected chi connectivity index (χ3v) is 5.84. The van der Waals surface area contributed by atoms with E-state index in [0.717, 1.165) is 15.5 Å². The van der Waals surface area contributed by atoms with E-state index in [1.54, 1.807) is 6.07 Å². The van der Waals surface area contributed by atoms with Crippen LogP contribution in [-0.4, -0.2) is 19.6 Å². The number of halogens is 6. The van der Waals surface area contributed by atoms with Crippen LogP contribution >= 0.6 is 69.3 Å². The van der Waals surface area contributed by atoms with Crippen LogP contribution in [0.15, 0.2) is 34.4 Å². The van der Waals surface area contributed by atoms with Crippen LogP contribution in [0.4, 0.5) is 4.39 Å². The maximum atomic E-state index is 13.9. The molecule has 4 aromatic rings. The second-order valence-electron chi connectivity index (χ2n) is 5.57. The number of hydrogen-bond donors (Lipinski definition) is 1. The van der Waals surface area contributed by atoms with Crippen LogP contribution in [0.3, 0.4) is 0 Å². The minimum Gasteiger partial charge on any atom is -0.289 e. The van der Waals surface area contributed by atoms with Gasteiger partial charge < -0.3 is 0 Å². The number of rotatable bonds is 2. The Morgan fingerprint density at radius 2 is 1.89 bits per heavy atom. The van der Waals surface area contributed by atoms with Gasteiger partial charge in [-0.15, -0.1) is 11.3 Å². The minimum atomic E-state index is -1.84. The van der Waals surface area contributed by atoms with Crippen LogP contribution in [0, 0.1) is 5.82 Å². The third-order valence-electron chi connectivity index (χ3n) is 3.83. The monoisotopic (exact) mass is 496 g/mol. The van der Waals surface area contributed by atoms with Gasteiger partial charge in [-0.05, 0) is 17.5 Å². The van der Waals surface area contributed by atoms with E-state index >= 15 is 0 Å². The maximum Gasteiger partial charge on any atom is 0.273 e. The minimum absolute atomic E-state index is 0.0996. The summed E-state index contributed by atoms with van der Waals surface area (Å²) in [5.41, 5.74) is 0.505. The molecule has 28 heavy (non-hydrogen) atoms. The molecule has 0 unspecified atom stereocenters. The lowest BCUT2D eigenvalue weighted by Crippen LogP contribution is -2.15. The lowest BCUT2D eigenvalue weighted by Gasteiger charge is -2.10. The van der Waals surface area contributed by atoms with Crippen LogP contribution < -0.4 is 5.56 Å². The van der Waals surface area contributed by atoms with Crippen molar-refractivity contribution in [2.45, 2.75) is 3.79 Å². The first-order chi connectivity index (χ1) is 13.2. The number of thiophene rings is 1. The van der Waals surface area contributed by atoms with Gasteiger partial charge in [-0.25, -0.2) is 18.9 Å². The van der Waals surface area contributed by atoms with Crippen molar-refractivity contribution in [2.75, 3.05) is 0 Å². The average Bonchev–Trinajstić information content (AvgIpc) is 3.24. The van der Waals surface area contributed by atoms with Crippen molar-refractivity contribution in [1.82, 2.24) is 19.6 Å². The second-order valence-corrected chi connectivity index (χ2v) is 9.52. The molecule has 4 heterocycles. The summed E-state index contributed by atoms with van der Waals surface area (Å²) in [7, 11) is 0. The van der Waals surface area contributed by atoms with Gasteiger partial charge in [0, 0.05) is 16.5 Å². The molecule has 5 nitrogen and oxygen atoms in total. The second kappa shape index (κ2) is 7.16. The highest BCUT2D eigenvalue weighted by atomic mass is 35.6. The molecule has 1 N–H and O–H groups in total. The van der Waals surface area contributed by atoms with Crippen LogP contribution in [0.2, 0.25) is 10.3 Å². The van der Waals surface area contributed by atoms with E-state index in [4.69, 9.17) is 58.0 Å². The van der Waals surface area contributed by atoms with Crippen molar-refractivity contribution < 1.29 is 4.39 Å². The van der Waals surface area contributed by atoms with E-state index in [1.807, 2.05) is 11.4 Å². The summed E-state index contributed by atoms with van der Waals surface area (Å²) < 4.78 is 13.2. The number of aromatic amines is 1. The molecule has 0 saturated heterocycles. The summed E-state index contributed by atoms with van der Waals surface area (Å²) in [6.45, 7) is 0. The topological polar surface area (TPSA) is 63.0 Å². The van der Waals surface area contributed by atoms with Gasteiger partial charge in [-0.3, -0.25) is 9.89 Å². The van der Waals surface area contributed by atoms with E-state index in [0.29, 0.717) is 5.56 Å². The van der Waals surface area contributed by atoms with E-state index in [2.05, 4.69) is 15.1 Å². The van der Waals surface area contributed by atoms with Gasteiger partial charge in [0.25, 0.3) is 5.56 Å². The van der Waals surface area contributed by atoms with Crippen LogP contribution in [0.25, 0.3) is 27.3 Å². The Morgan fingerprint density at radius 3 is 2.54 bits per heavy atom. The predicted octanol–water partition coefficient (Wildman–Crippen LogP) is 6.09. The molecule has 0 aromatic carbocycles. The summed E-state index contributed by atoms with van der Waals surface area (Å²) in [6.07, 6.45) is 0. The van der Waals surface area contributed by atoms with Crippen molar-refractivity contribution in [3.8, 4) is 21.7 Å². The number of fused-ring (bicyclic) bond motifs is 1. The molecule has 0 atom stereocenters. The molecular weight excluding hydrogens is 493 g/mol. The molecule has 4 aromatic heterocycles. The summed E-state index contributed by atoms with van der Waals surface area (Å²) in [5.74, 6) is -0.794. The lowest BCUT2D eigenvalue weighted by molar-refractivity contribution is 0.622. The molecule has 0 saturated carbocycles. The molecule has 0 bridgehead atoms. The van der Waals surface area contributed by atoms with Crippen LogP contribution in [-0.2, 0) is 3.79 Å². The Morgan fingerprint density at radius 1 is 1.14 bits per heavy atom. The molecule has 0 radical (unpaired) electrons. The van der Waals surface area contributed by atoms with Gasteiger partial charge in [0.05, 0.1) is 17.0 Å². The average molecular weight is 499 g/mol. The SMILES string of the molecule is O=c1cc(-c2cc(F)c(Cl)nc2Cl)nc2c(-c3cccs3)c(C(Cl)(Cl)Cl)[nH]n12. The Labute approximate surface area is 185 Å². The first kappa shape index (κ1) is 19.9. The van der Waals surface area contributed by atoms with Gasteiger partial charge in [0.2, 0.25) is 3.79 Å². The van der Waals surface area contributed by atoms with E-state index in [9.17, 15) is 9.18 Å². The number of pyridine rings is 1. The summed E-state index contributed by atoms with van der Waals surface area (Å²) in [6, 6.07) is 5.83. The van der Waals surface area contributed by atoms with E-state index < -0.39 is 15.2 Å². The molecule has 0 aliphatic heterocycles. The highest BCUT2D eigenvalue weighted by molar-refractivity contribution is 7.13. The van der Waals surface area contributed by atoms with Crippen LogP contribution in [0.5, 0.6) is 0 Å². The molecule has 12 heteroatoms. The number of alkyl halides is 3. The molecule has 0 spiro atoms. The first-order valence-electron chi connectivity index (χ1n) is 7.45. The number of nitrogens with zero attached hydrogens (tertiary/aromatic N) is 3. The molecular formula is C16H6Cl5FN4OS. The summed E-state index contributed by atoms with van der Waals surface area (Å²) >= 11 is 31.4. The quantitative estimate of drug-likeness (QED) is 0.269. The van der Waals surface area contributed by atoms with Gasteiger partial charge in [0.15, 0.2) is 16.6 Å². The molecule has 0 aliphatic carbocycles. The zero-order valence-electron chi connectivity index (χ0n) is 13.3. The van der Waals surface area contributed by atoms with Crippen molar-refractivity contribution >= 4 is 75.0 Å². The van der Waals surface area contributed by atoms with Gasteiger partial charge in [-0.2, -0.15) is 0 Å². The molecule has 144 valence electrons. The molecule has 0 amide bonds. The molecule has 4 rings (SSSR count). The van der Waals surface area contributed by atoms with Gasteiger partial charge in [0.1, 0.15) is 5.15 Å². The van der Waals surface area contributed by atoms with Crippen molar-refractivity contribution in [3.63, 3.8) is 0 Å². The number of hydrogen-bond acceptors (Lipinski definition) is 4. The zero-order valence-corrected chi connectivity index (χ0v) is 17.9. The van der Waals surface area contributed by atoms with E-state index in [1.165, 1.54) is 17.4 Å². The fraction of sp³-hybridized carbons (Fsp3) is 0.0625. The predicted molar refractivity (Wildman–Crippen MR) is 112 cm³/mol. The largest absolute Gasteiger partial charge is 0.289 e. The highest BCUT2D eigenvalue weighted by Crippen LogP contribution is 2.44. The van der Waals surface area contributed by atoms with Crippen molar-refractivity contribution in [2.24, 2.45) is 0 Å². The fourth-order valence-corrected chi connectivity index (χ4v) is 4.26. The first-order valence-corrected chi connectivity index (χ1v) is 10.2. The van der Waals surface area contributed by atoms with Gasteiger partial charge in [-0.1, -0.05) is 64.1 Å². The maximum absolute atomic E-state index is 13.9. The lowest BCUT2D eigenvalue weighted by atomic mass is 10.2. The standard InChI is InChI=1S/C16H6Cl5FN4OS/c17-13-6(4-7(22)14(18)24-13)8-5-10(27)26-15(23-8)11(9-2-1-3-28-9)12(25-26)16(19,20)21/h1-5,25H. The molecule has 0 aliphatic rings. The Kier molecular flexibility index (Phi) is 5.10. The highest BCUT2D eigenvalue weighted by Gasteiger charge is 2.32. The summed E-state index contributed by atoms with van der Waals surface area (Å²) in [5, 5.41) is 4.13. The zero-order chi connectivity index (χ0) is 20.2. The Balaban J connectivity index is 2.08. The number of H-pyrrole nitrogens is 1. The van der Waals surface area contributed by atoms with Crippen molar-refractivity contribution in [3.05, 3.63) is 61.8 Å². The van der Waals surface area contributed by atoms with Gasteiger partial charge >= 0.3 is 0 Å². The van der Waals surface area contributed by atoms with E-state index in [-0.39, 0.29) is 32.9 Å². The Bertz CT molecular complexity index is 1260. The van der Waals surface area contributed by atoms with Crippen LogP contribution in [0.1, 0.15) is 5.69 Å². The van der Waals surface area contributed by atoms with Crippen molar-refractivity contribution in [1.29, 1.82) is 0 Å². The number of nitrogens with one attached hydrogen (secondary N) is 1. The smallest absolute Gasteiger partial charge is 0.273 e. The third kappa shape index (κ3) is 3.40. The molecule has 0 fully saturated rings. The fourth-order valence-electron chi connectivity index (χ4n) is 2.66. The summed E-state index contributed by atoms with van der Waals surface area (Å²) in [4.78, 5) is 21.6.